The lowest BCUT2D eigenvalue weighted by atomic mass is 10.1. The van der Waals surface area contributed by atoms with Crippen molar-refractivity contribution in [3.8, 4) is 11.8 Å². The molecule has 0 aliphatic heterocycles. The van der Waals surface area contributed by atoms with Crippen molar-refractivity contribution in [2.75, 3.05) is 18.5 Å². The molecule has 27 heavy (non-hydrogen) atoms. The molecule has 0 N–H and O–H groups in total. The standard InChI is InChI=1S/C23H45BrO2Si/c1-7-8-17-22(26-27(5,6)23(2,3)4)18-14-12-10-9-11-13-15-20-25-21-16-19-24/h22H,7-13,15-17,19-21H2,1-6H3/t22-/m1/s1. The predicted octanol–water partition coefficient (Wildman–Crippen LogP) is 7.71. The van der Waals surface area contributed by atoms with Crippen LogP contribution in [0.3, 0.4) is 0 Å². The number of halogens is 1. The van der Waals surface area contributed by atoms with Gasteiger partial charge in [0.1, 0.15) is 6.10 Å². The molecule has 0 aliphatic rings. The fourth-order valence-electron chi connectivity index (χ4n) is 2.48. The third kappa shape index (κ3) is 14.8. The molecule has 0 aromatic rings. The van der Waals surface area contributed by atoms with Crippen molar-refractivity contribution in [2.24, 2.45) is 0 Å². The summed E-state index contributed by atoms with van der Waals surface area (Å²) in [6.45, 7) is 15.6. The molecule has 4 heteroatoms. The van der Waals surface area contributed by atoms with Crippen LogP contribution < -0.4 is 0 Å². The summed E-state index contributed by atoms with van der Waals surface area (Å²) in [5.74, 6) is 6.86. The van der Waals surface area contributed by atoms with E-state index in [4.69, 9.17) is 9.16 Å². The highest BCUT2D eigenvalue weighted by molar-refractivity contribution is 9.09. The Bertz CT molecular complexity index is 407. The van der Waals surface area contributed by atoms with Crippen LogP contribution in [0.5, 0.6) is 0 Å². The molecule has 0 radical (unpaired) electrons. The highest BCUT2D eigenvalue weighted by Crippen LogP contribution is 2.37. The summed E-state index contributed by atoms with van der Waals surface area (Å²) < 4.78 is 12.1. The topological polar surface area (TPSA) is 18.5 Å². The van der Waals surface area contributed by atoms with Crippen molar-refractivity contribution in [3.63, 3.8) is 0 Å². The molecule has 0 unspecified atom stereocenters. The Morgan fingerprint density at radius 3 is 2.19 bits per heavy atom. The van der Waals surface area contributed by atoms with Gasteiger partial charge in [-0.25, -0.2) is 0 Å². The molecular weight excluding hydrogens is 416 g/mol. The van der Waals surface area contributed by atoms with Gasteiger partial charge in [0.15, 0.2) is 8.32 Å². The van der Waals surface area contributed by atoms with Crippen LogP contribution in [0, 0.1) is 11.8 Å². The van der Waals surface area contributed by atoms with Crippen molar-refractivity contribution >= 4 is 24.2 Å². The zero-order valence-electron chi connectivity index (χ0n) is 19.0. The van der Waals surface area contributed by atoms with Crippen molar-refractivity contribution in [1.29, 1.82) is 0 Å². The first kappa shape index (κ1) is 27.2. The molecule has 0 saturated carbocycles. The van der Waals surface area contributed by atoms with Gasteiger partial charge in [-0.15, -0.1) is 5.92 Å². The molecule has 0 aliphatic carbocycles. The molecule has 0 amide bonds. The second-order valence-electron chi connectivity index (χ2n) is 9.00. The fourth-order valence-corrected chi connectivity index (χ4v) is 3.95. The van der Waals surface area contributed by atoms with Gasteiger partial charge in [0.25, 0.3) is 0 Å². The molecule has 0 spiro atoms. The second kappa shape index (κ2) is 16.0. The van der Waals surface area contributed by atoms with E-state index >= 15 is 0 Å². The minimum absolute atomic E-state index is 0.127. The van der Waals surface area contributed by atoms with Gasteiger partial charge in [-0.1, -0.05) is 81.6 Å². The fraction of sp³-hybridized carbons (Fsp3) is 0.913. The highest BCUT2D eigenvalue weighted by Gasteiger charge is 2.38. The minimum atomic E-state index is -1.74. The van der Waals surface area contributed by atoms with E-state index in [1.165, 1.54) is 44.9 Å². The van der Waals surface area contributed by atoms with Gasteiger partial charge in [-0.05, 0) is 43.8 Å². The Labute approximate surface area is 179 Å². The third-order valence-corrected chi connectivity index (χ3v) is 10.4. The number of unbranched alkanes of at least 4 members (excludes halogenated alkanes) is 6. The van der Waals surface area contributed by atoms with Crippen LogP contribution in [0.15, 0.2) is 0 Å². The molecule has 0 bridgehead atoms. The Balaban J connectivity index is 4.03. The first-order valence-electron chi connectivity index (χ1n) is 11.0. The lowest BCUT2D eigenvalue weighted by Gasteiger charge is -2.38. The molecule has 0 heterocycles. The van der Waals surface area contributed by atoms with E-state index < -0.39 is 8.32 Å². The Hall–Kier alpha value is 0.177. The maximum atomic E-state index is 6.55. The van der Waals surface area contributed by atoms with E-state index in [0.29, 0.717) is 0 Å². The SMILES string of the molecule is CCCC[C@H](C#CCCCCCCCOCCCBr)O[Si](C)(C)C(C)(C)C. The lowest BCUT2D eigenvalue weighted by Crippen LogP contribution is -2.43. The van der Waals surface area contributed by atoms with E-state index in [0.717, 1.165) is 37.8 Å². The number of hydrogen-bond acceptors (Lipinski definition) is 2. The molecule has 1 atom stereocenters. The Kier molecular flexibility index (Phi) is 16.1. The maximum Gasteiger partial charge on any atom is 0.193 e. The number of ether oxygens (including phenoxy) is 1. The Morgan fingerprint density at radius 1 is 0.926 bits per heavy atom. The quantitative estimate of drug-likeness (QED) is 0.108. The van der Waals surface area contributed by atoms with Gasteiger partial charge in [0, 0.05) is 25.0 Å². The van der Waals surface area contributed by atoms with Crippen LogP contribution in [0.25, 0.3) is 0 Å². The average molecular weight is 462 g/mol. The monoisotopic (exact) mass is 460 g/mol. The molecule has 0 aromatic heterocycles. The van der Waals surface area contributed by atoms with Gasteiger partial charge in [0.2, 0.25) is 0 Å². The van der Waals surface area contributed by atoms with Crippen LogP contribution in [0.2, 0.25) is 18.1 Å². The smallest absolute Gasteiger partial charge is 0.193 e. The normalized spacial score (nSPS) is 13.3. The van der Waals surface area contributed by atoms with Crippen molar-refractivity contribution in [1.82, 2.24) is 0 Å². The Morgan fingerprint density at radius 2 is 1.56 bits per heavy atom. The first-order chi connectivity index (χ1) is 12.7. The minimum Gasteiger partial charge on any atom is -0.403 e. The molecule has 2 nitrogen and oxygen atoms in total. The van der Waals surface area contributed by atoms with Crippen molar-refractivity contribution < 1.29 is 9.16 Å². The lowest BCUT2D eigenvalue weighted by molar-refractivity contribution is 0.131. The van der Waals surface area contributed by atoms with Crippen molar-refractivity contribution in [2.45, 2.75) is 116 Å². The summed E-state index contributed by atoms with van der Waals surface area (Å²) in [6, 6.07) is 0. The van der Waals surface area contributed by atoms with Crippen molar-refractivity contribution in [3.05, 3.63) is 0 Å². The van der Waals surface area contributed by atoms with Gasteiger partial charge >= 0.3 is 0 Å². The predicted molar refractivity (Wildman–Crippen MR) is 126 cm³/mol. The number of alkyl halides is 1. The van der Waals surface area contributed by atoms with E-state index in [1.54, 1.807) is 0 Å². The third-order valence-electron chi connectivity index (χ3n) is 5.34. The average Bonchev–Trinajstić information content (AvgIpc) is 2.59. The van der Waals surface area contributed by atoms with Crippen LogP contribution in [0.1, 0.15) is 91.9 Å². The number of rotatable bonds is 15. The number of hydrogen-bond donors (Lipinski definition) is 0. The van der Waals surface area contributed by atoms with Gasteiger partial charge in [0.05, 0.1) is 0 Å². The summed E-state index contributed by atoms with van der Waals surface area (Å²) in [4.78, 5) is 0. The summed E-state index contributed by atoms with van der Waals surface area (Å²) >= 11 is 3.42. The molecule has 0 rings (SSSR count). The summed E-state index contributed by atoms with van der Waals surface area (Å²) in [5, 5.41) is 1.28. The second-order valence-corrected chi connectivity index (χ2v) is 14.6. The largest absolute Gasteiger partial charge is 0.403 e. The summed E-state index contributed by atoms with van der Waals surface area (Å²) in [7, 11) is -1.74. The zero-order valence-corrected chi connectivity index (χ0v) is 21.6. The van der Waals surface area contributed by atoms with E-state index in [9.17, 15) is 0 Å². The molecule has 0 fully saturated rings. The first-order valence-corrected chi connectivity index (χ1v) is 15.1. The highest BCUT2D eigenvalue weighted by atomic mass is 79.9. The van der Waals surface area contributed by atoms with E-state index in [-0.39, 0.29) is 11.1 Å². The van der Waals surface area contributed by atoms with Gasteiger partial charge in [-0.2, -0.15) is 0 Å². The molecule has 0 saturated heterocycles. The molecule has 160 valence electrons. The van der Waals surface area contributed by atoms with Crippen LogP contribution in [-0.4, -0.2) is 33.0 Å². The zero-order chi connectivity index (χ0) is 20.6. The van der Waals surface area contributed by atoms with Crippen LogP contribution >= 0.6 is 15.9 Å². The molecular formula is C23H45BrO2Si. The van der Waals surface area contributed by atoms with Gasteiger partial charge in [-0.3, -0.25) is 0 Å². The maximum absolute atomic E-state index is 6.55. The van der Waals surface area contributed by atoms with Crippen LogP contribution in [0.4, 0.5) is 0 Å². The molecule has 0 aromatic carbocycles. The van der Waals surface area contributed by atoms with Crippen LogP contribution in [-0.2, 0) is 9.16 Å². The van der Waals surface area contributed by atoms with Gasteiger partial charge < -0.3 is 9.16 Å². The van der Waals surface area contributed by atoms with E-state index in [1.807, 2.05) is 0 Å². The summed E-state index contributed by atoms with van der Waals surface area (Å²) in [5.41, 5.74) is 0. The van der Waals surface area contributed by atoms with E-state index in [2.05, 4.69) is 68.6 Å². The summed E-state index contributed by atoms with van der Waals surface area (Å²) in [6.07, 6.45) is 12.0.